The van der Waals surface area contributed by atoms with Crippen molar-refractivity contribution >= 4 is 0 Å². The van der Waals surface area contributed by atoms with E-state index in [4.69, 9.17) is 4.74 Å². The monoisotopic (exact) mass is 157 g/mol. The van der Waals surface area contributed by atoms with Crippen LogP contribution < -0.4 is 5.32 Å². The van der Waals surface area contributed by atoms with Gasteiger partial charge in [-0.15, -0.1) is 0 Å². The van der Waals surface area contributed by atoms with Crippen molar-refractivity contribution in [3.63, 3.8) is 0 Å². The molecule has 1 N–H and O–H groups in total. The Balaban J connectivity index is 2.13. The fourth-order valence-electron chi connectivity index (χ4n) is 1.68. The first-order valence-corrected chi connectivity index (χ1v) is 4.56. The van der Waals surface area contributed by atoms with Crippen LogP contribution in [0.1, 0.15) is 26.2 Å². The van der Waals surface area contributed by atoms with Crippen molar-refractivity contribution in [2.24, 2.45) is 5.92 Å². The summed E-state index contributed by atoms with van der Waals surface area (Å²) < 4.78 is 5.23. The predicted octanol–water partition coefficient (Wildman–Crippen LogP) is 1.41. The number of piperidine rings is 1. The van der Waals surface area contributed by atoms with E-state index in [1.54, 1.807) is 7.11 Å². The van der Waals surface area contributed by atoms with Crippen LogP contribution in [0.3, 0.4) is 0 Å². The van der Waals surface area contributed by atoms with Gasteiger partial charge < -0.3 is 10.1 Å². The number of methoxy groups -OCH3 is 1. The lowest BCUT2D eigenvalue weighted by atomic mass is 9.92. The lowest BCUT2D eigenvalue weighted by Gasteiger charge is -2.24. The third-order valence-electron chi connectivity index (χ3n) is 2.53. The quantitative estimate of drug-likeness (QED) is 0.669. The first-order valence-electron chi connectivity index (χ1n) is 4.56. The molecule has 2 nitrogen and oxygen atoms in total. The molecule has 1 aliphatic heterocycles. The molecule has 0 aliphatic carbocycles. The predicted molar refractivity (Wildman–Crippen MR) is 46.7 cm³/mol. The molecule has 1 fully saturated rings. The molecule has 66 valence electrons. The summed E-state index contributed by atoms with van der Waals surface area (Å²) in [6.45, 7) is 4.55. The highest BCUT2D eigenvalue weighted by molar-refractivity contribution is 4.70. The molecule has 1 aliphatic rings. The maximum absolute atomic E-state index is 5.23. The molecule has 0 radical (unpaired) electrons. The maximum Gasteiger partial charge on any atom is 0.0545 e. The zero-order valence-electron chi connectivity index (χ0n) is 7.60. The minimum atomic E-state index is 0.443. The van der Waals surface area contributed by atoms with Crippen LogP contribution >= 0.6 is 0 Å². The molecule has 1 unspecified atom stereocenters. The zero-order valence-corrected chi connectivity index (χ0v) is 7.60. The Kier molecular flexibility index (Phi) is 3.87. The van der Waals surface area contributed by atoms with Gasteiger partial charge in [0.1, 0.15) is 0 Å². The van der Waals surface area contributed by atoms with Gasteiger partial charge in [-0.25, -0.2) is 0 Å². The van der Waals surface area contributed by atoms with Crippen LogP contribution in [0, 0.1) is 5.92 Å². The third kappa shape index (κ3) is 3.21. The van der Waals surface area contributed by atoms with Gasteiger partial charge in [0.2, 0.25) is 0 Å². The van der Waals surface area contributed by atoms with Crippen LogP contribution in [-0.2, 0) is 4.74 Å². The van der Waals surface area contributed by atoms with Crippen molar-refractivity contribution in [1.82, 2.24) is 5.32 Å². The molecule has 0 aromatic carbocycles. The van der Waals surface area contributed by atoms with Gasteiger partial charge in [-0.2, -0.15) is 0 Å². The highest BCUT2D eigenvalue weighted by atomic mass is 16.5. The first-order chi connectivity index (χ1) is 5.33. The highest BCUT2D eigenvalue weighted by Gasteiger charge is 2.15. The first kappa shape index (κ1) is 9.01. The average molecular weight is 157 g/mol. The SMILES string of the molecule is COC(C)CC1CCNCC1. The van der Waals surface area contributed by atoms with Gasteiger partial charge in [0, 0.05) is 7.11 Å². The zero-order chi connectivity index (χ0) is 8.10. The lowest BCUT2D eigenvalue weighted by molar-refractivity contribution is 0.0893. The minimum Gasteiger partial charge on any atom is -0.382 e. The fourth-order valence-corrected chi connectivity index (χ4v) is 1.68. The summed E-state index contributed by atoms with van der Waals surface area (Å²) in [6, 6.07) is 0. The second-order valence-electron chi connectivity index (χ2n) is 3.48. The molecule has 0 saturated carbocycles. The van der Waals surface area contributed by atoms with E-state index >= 15 is 0 Å². The van der Waals surface area contributed by atoms with Crippen LogP contribution in [0.15, 0.2) is 0 Å². The van der Waals surface area contributed by atoms with Gasteiger partial charge in [-0.3, -0.25) is 0 Å². The Labute approximate surface area is 69.3 Å². The molecule has 1 heterocycles. The number of nitrogens with one attached hydrogen (secondary N) is 1. The highest BCUT2D eigenvalue weighted by Crippen LogP contribution is 2.18. The van der Waals surface area contributed by atoms with Gasteiger partial charge >= 0.3 is 0 Å². The van der Waals surface area contributed by atoms with Crippen LogP contribution in [-0.4, -0.2) is 26.3 Å². The Morgan fingerprint density at radius 2 is 2.09 bits per heavy atom. The molecule has 1 saturated heterocycles. The summed E-state index contributed by atoms with van der Waals surface area (Å²) in [5.41, 5.74) is 0. The standard InChI is InChI=1S/C9H19NO/c1-8(11-2)7-9-3-5-10-6-4-9/h8-10H,3-7H2,1-2H3. The van der Waals surface area contributed by atoms with Gasteiger partial charge in [-0.1, -0.05) is 0 Å². The van der Waals surface area contributed by atoms with E-state index in [1.165, 1.54) is 32.4 Å². The Morgan fingerprint density at radius 1 is 1.45 bits per heavy atom. The molecule has 0 aromatic rings. The van der Waals surface area contributed by atoms with E-state index in [0.29, 0.717) is 6.10 Å². The molecule has 0 spiro atoms. The van der Waals surface area contributed by atoms with E-state index in [9.17, 15) is 0 Å². The molecular weight excluding hydrogens is 138 g/mol. The Hall–Kier alpha value is -0.0800. The summed E-state index contributed by atoms with van der Waals surface area (Å²) >= 11 is 0. The molecule has 1 rings (SSSR count). The average Bonchev–Trinajstić information content (AvgIpc) is 2.06. The molecule has 11 heavy (non-hydrogen) atoms. The number of ether oxygens (including phenoxy) is 1. The van der Waals surface area contributed by atoms with E-state index in [2.05, 4.69) is 12.2 Å². The maximum atomic E-state index is 5.23. The molecule has 0 bridgehead atoms. The molecular formula is C9H19NO. The number of rotatable bonds is 3. The van der Waals surface area contributed by atoms with E-state index < -0.39 is 0 Å². The number of hydrogen-bond donors (Lipinski definition) is 1. The summed E-state index contributed by atoms with van der Waals surface area (Å²) in [7, 11) is 1.80. The van der Waals surface area contributed by atoms with Gasteiger partial charge in [-0.05, 0) is 45.2 Å². The Morgan fingerprint density at radius 3 is 2.64 bits per heavy atom. The van der Waals surface area contributed by atoms with Crippen molar-refractivity contribution in [2.45, 2.75) is 32.3 Å². The van der Waals surface area contributed by atoms with Crippen LogP contribution in [0.5, 0.6) is 0 Å². The third-order valence-corrected chi connectivity index (χ3v) is 2.53. The van der Waals surface area contributed by atoms with E-state index in [0.717, 1.165) is 5.92 Å². The summed E-state index contributed by atoms with van der Waals surface area (Å²) in [6.07, 6.45) is 4.33. The molecule has 2 heteroatoms. The summed E-state index contributed by atoms with van der Waals surface area (Å²) in [4.78, 5) is 0. The normalized spacial score (nSPS) is 23.5. The number of hydrogen-bond acceptors (Lipinski definition) is 2. The van der Waals surface area contributed by atoms with E-state index in [-0.39, 0.29) is 0 Å². The van der Waals surface area contributed by atoms with Crippen LogP contribution in [0.25, 0.3) is 0 Å². The summed E-state index contributed by atoms with van der Waals surface area (Å²) in [5, 5.41) is 3.37. The second-order valence-corrected chi connectivity index (χ2v) is 3.48. The van der Waals surface area contributed by atoms with Crippen molar-refractivity contribution in [3.8, 4) is 0 Å². The van der Waals surface area contributed by atoms with Crippen molar-refractivity contribution in [2.75, 3.05) is 20.2 Å². The molecule has 0 aromatic heterocycles. The van der Waals surface area contributed by atoms with Crippen molar-refractivity contribution < 1.29 is 4.74 Å². The lowest BCUT2D eigenvalue weighted by Crippen LogP contribution is -2.29. The molecule has 1 atom stereocenters. The van der Waals surface area contributed by atoms with Crippen LogP contribution in [0.4, 0.5) is 0 Å². The van der Waals surface area contributed by atoms with Gasteiger partial charge in [0.05, 0.1) is 6.10 Å². The van der Waals surface area contributed by atoms with Crippen molar-refractivity contribution in [1.29, 1.82) is 0 Å². The topological polar surface area (TPSA) is 21.3 Å². The van der Waals surface area contributed by atoms with Gasteiger partial charge in [0.15, 0.2) is 0 Å². The Bertz CT molecular complexity index is 99.7. The molecule has 0 amide bonds. The minimum absolute atomic E-state index is 0.443. The summed E-state index contributed by atoms with van der Waals surface area (Å²) in [5.74, 6) is 0.895. The second kappa shape index (κ2) is 4.73. The smallest absolute Gasteiger partial charge is 0.0545 e. The van der Waals surface area contributed by atoms with Crippen molar-refractivity contribution in [3.05, 3.63) is 0 Å². The van der Waals surface area contributed by atoms with E-state index in [1.807, 2.05) is 0 Å². The largest absolute Gasteiger partial charge is 0.382 e. The van der Waals surface area contributed by atoms with Gasteiger partial charge in [0.25, 0.3) is 0 Å². The fraction of sp³-hybridized carbons (Fsp3) is 1.00. The van der Waals surface area contributed by atoms with Crippen LogP contribution in [0.2, 0.25) is 0 Å².